The van der Waals surface area contributed by atoms with Gasteiger partial charge in [0.1, 0.15) is 0 Å². The van der Waals surface area contributed by atoms with E-state index in [4.69, 9.17) is 11.5 Å². The van der Waals surface area contributed by atoms with Gasteiger partial charge in [0.15, 0.2) is 0 Å². The molecular weight excluding hydrogens is 202 g/mol. The number of carbonyl (C=O) groups excluding carboxylic acids is 1. The van der Waals surface area contributed by atoms with Gasteiger partial charge in [-0.25, -0.2) is 0 Å². The molecule has 0 radical (unpaired) electrons. The fourth-order valence-electron chi connectivity index (χ4n) is 1.30. The van der Waals surface area contributed by atoms with Gasteiger partial charge in [0, 0.05) is 12.2 Å². The molecule has 1 rings (SSSR count). The second kappa shape index (κ2) is 5.63. The molecule has 0 aliphatic heterocycles. The van der Waals surface area contributed by atoms with Crippen LogP contribution in [-0.2, 0) is 11.3 Å². The summed E-state index contributed by atoms with van der Waals surface area (Å²) >= 11 is 0. The highest BCUT2D eigenvalue weighted by molar-refractivity contribution is 5.94. The topological polar surface area (TPSA) is 81.1 Å². The number of anilines is 1. The maximum absolute atomic E-state index is 11.7. The summed E-state index contributed by atoms with van der Waals surface area (Å²) in [6.07, 6.45) is 0. The van der Waals surface area contributed by atoms with Crippen molar-refractivity contribution in [1.82, 2.24) is 0 Å². The summed E-state index contributed by atoms with van der Waals surface area (Å²) < 4.78 is 0. The van der Waals surface area contributed by atoms with Crippen molar-refractivity contribution in [3.63, 3.8) is 0 Å². The Bertz CT molecular complexity index is 363. The van der Waals surface area contributed by atoms with E-state index < -0.39 is 6.04 Å². The van der Waals surface area contributed by atoms with E-state index in [9.17, 15) is 4.79 Å². The van der Waals surface area contributed by atoms with E-state index in [0.717, 1.165) is 11.3 Å². The Labute approximate surface area is 96.0 Å². The van der Waals surface area contributed by atoms with Gasteiger partial charge in [-0.3, -0.25) is 4.79 Å². The molecular formula is C12H19N3O. The molecule has 0 aliphatic carbocycles. The van der Waals surface area contributed by atoms with E-state index in [-0.39, 0.29) is 11.8 Å². The summed E-state index contributed by atoms with van der Waals surface area (Å²) in [5.41, 5.74) is 13.0. The summed E-state index contributed by atoms with van der Waals surface area (Å²) in [5, 5.41) is 2.78. The first-order valence-corrected chi connectivity index (χ1v) is 5.40. The van der Waals surface area contributed by atoms with E-state index in [1.807, 2.05) is 38.1 Å². The van der Waals surface area contributed by atoms with Crippen LogP contribution in [0.2, 0.25) is 0 Å². The van der Waals surface area contributed by atoms with Gasteiger partial charge in [0.05, 0.1) is 6.04 Å². The van der Waals surface area contributed by atoms with Crippen LogP contribution < -0.4 is 16.8 Å². The molecule has 16 heavy (non-hydrogen) atoms. The molecule has 0 bridgehead atoms. The first-order chi connectivity index (χ1) is 7.54. The quantitative estimate of drug-likeness (QED) is 0.711. The van der Waals surface area contributed by atoms with Gasteiger partial charge < -0.3 is 16.8 Å². The minimum atomic E-state index is -0.485. The van der Waals surface area contributed by atoms with Gasteiger partial charge in [-0.05, 0) is 23.6 Å². The molecule has 4 heteroatoms. The number of hydrogen-bond acceptors (Lipinski definition) is 3. The third kappa shape index (κ3) is 3.32. The molecule has 1 aromatic carbocycles. The third-order valence-corrected chi connectivity index (χ3v) is 2.45. The molecule has 0 aromatic heterocycles. The van der Waals surface area contributed by atoms with E-state index >= 15 is 0 Å². The van der Waals surface area contributed by atoms with E-state index in [2.05, 4.69) is 5.32 Å². The first-order valence-electron chi connectivity index (χ1n) is 5.40. The highest BCUT2D eigenvalue weighted by atomic mass is 16.2. The van der Waals surface area contributed by atoms with Crippen LogP contribution in [0.5, 0.6) is 0 Å². The lowest BCUT2D eigenvalue weighted by Crippen LogP contribution is -2.39. The van der Waals surface area contributed by atoms with Crippen molar-refractivity contribution in [3.05, 3.63) is 29.8 Å². The number of carbonyl (C=O) groups is 1. The molecule has 0 spiro atoms. The Morgan fingerprint density at radius 1 is 1.44 bits per heavy atom. The standard InChI is InChI=1S/C12H19N3O/c1-8(2)11(14)12(16)15-10-5-3-4-9(6-10)7-13/h3-6,8,11H,7,13-14H2,1-2H3,(H,15,16). The van der Waals surface area contributed by atoms with Gasteiger partial charge in [0.25, 0.3) is 0 Å². The minimum Gasteiger partial charge on any atom is -0.326 e. The molecule has 1 atom stereocenters. The van der Waals surface area contributed by atoms with Crippen LogP contribution in [0.1, 0.15) is 19.4 Å². The average Bonchev–Trinajstić information content (AvgIpc) is 2.28. The van der Waals surface area contributed by atoms with Gasteiger partial charge >= 0.3 is 0 Å². The molecule has 1 aromatic rings. The second-order valence-corrected chi connectivity index (χ2v) is 4.16. The van der Waals surface area contributed by atoms with Crippen molar-refractivity contribution in [2.24, 2.45) is 17.4 Å². The van der Waals surface area contributed by atoms with E-state index in [1.54, 1.807) is 0 Å². The monoisotopic (exact) mass is 221 g/mol. The van der Waals surface area contributed by atoms with Crippen molar-refractivity contribution in [3.8, 4) is 0 Å². The molecule has 4 nitrogen and oxygen atoms in total. The van der Waals surface area contributed by atoms with Crippen LogP contribution in [0.4, 0.5) is 5.69 Å². The van der Waals surface area contributed by atoms with Gasteiger partial charge in [0.2, 0.25) is 5.91 Å². The SMILES string of the molecule is CC(C)C(N)C(=O)Nc1cccc(CN)c1. The zero-order valence-corrected chi connectivity index (χ0v) is 9.73. The van der Waals surface area contributed by atoms with E-state index in [0.29, 0.717) is 6.54 Å². The lowest BCUT2D eigenvalue weighted by atomic mass is 10.0. The van der Waals surface area contributed by atoms with E-state index in [1.165, 1.54) is 0 Å². The van der Waals surface area contributed by atoms with Crippen LogP contribution in [0.25, 0.3) is 0 Å². The molecule has 0 saturated carbocycles. The molecule has 0 saturated heterocycles. The Balaban J connectivity index is 2.69. The fourth-order valence-corrected chi connectivity index (χ4v) is 1.30. The van der Waals surface area contributed by atoms with Crippen LogP contribution >= 0.6 is 0 Å². The molecule has 0 heterocycles. The molecule has 1 amide bonds. The predicted molar refractivity (Wildman–Crippen MR) is 65.8 cm³/mol. The normalized spacial score (nSPS) is 12.6. The maximum Gasteiger partial charge on any atom is 0.241 e. The Hall–Kier alpha value is -1.39. The van der Waals surface area contributed by atoms with Crippen molar-refractivity contribution in [2.75, 3.05) is 5.32 Å². The number of nitrogens with two attached hydrogens (primary N) is 2. The Morgan fingerprint density at radius 3 is 2.69 bits per heavy atom. The molecule has 88 valence electrons. The van der Waals surface area contributed by atoms with Crippen LogP contribution in [0, 0.1) is 5.92 Å². The number of amides is 1. The average molecular weight is 221 g/mol. The molecule has 0 fully saturated rings. The number of hydrogen-bond donors (Lipinski definition) is 3. The summed E-state index contributed by atoms with van der Waals surface area (Å²) in [4.78, 5) is 11.7. The fraction of sp³-hybridized carbons (Fsp3) is 0.417. The zero-order valence-electron chi connectivity index (χ0n) is 9.73. The smallest absolute Gasteiger partial charge is 0.241 e. The van der Waals surface area contributed by atoms with Gasteiger partial charge in [-0.1, -0.05) is 26.0 Å². The molecule has 0 aliphatic rings. The molecule has 5 N–H and O–H groups in total. The Kier molecular flexibility index (Phi) is 4.46. The lowest BCUT2D eigenvalue weighted by molar-refractivity contribution is -0.118. The largest absolute Gasteiger partial charge is 0.326 e. The van der Waals surface area contributed by atoms with Crippen LogP contribution in [0.3, 0.4) is 0 Å². The highest BCUT2D eigenvalue weighted by Crippen LogP contribution is 2.11. The Morgan fingerprint density at radius 2 is 2.12 bits per heavy atom. The number of benzene rings is 1. The zero-order chi connectivity index (χ0) is 12.1. The lowest BCUT2D eigenvalue weighted by Gasteiger charge is -2.15. The predicted octanol–water partition coefficient (Wildman–Crippen LogP) is 1.07. The van der Waals surface area contributed by atoms with Gasteiger partial charge in [-0.15, -0.1) is 0 Å². The highest BCUT2D eigenvalue weighted by Gasteiger charge is 2.16. The number of rotatable bonds is 4. The second-order valence-electron chi connectivity index (χ2n) is 4.16. The van der Waals surface area contributed by atoms with Crippen molar-refractivity contribution < 1.29 is 4.79 Å². The number of nitrogens with one attached hydrogen (secondary N) is 1. The first kappa shape index (κ1) is 12.7. The van der Waals surface area contributed by atoms with Crippen LogP contribution in [0.15, 0.2) is 24.3 Å². The summed E-state index contributed by atoms with van der Waals surface area (Å²) in [5.74, 6) is -0.0399. The summed E-state index contributed by atoms with van der Waals surface area (Å²) in [6, 6.07) is 6.97. The summed E-state index contributed by atoms with van der Waals surface area (Å²) in [6.45, 7) is 4.29. The third-order valence-electron chi connectivity index (χ3n) is 2.45. The molecule has 1 unspecified atom stereocenters. The van der Waals surface area contributed by atoms with Crippen molar-refractivity contribution in [1.29, 1.82) is 0 Å². The van der Waals surface area contributed by atoms with Crippen LogP contribution in [-0.4, -0.2) is 11.9 Å². The minimum absolute atomic E-state index is 0.123. The summed E-state index contributed by atoms with van der Waals surface area (Å²) in [7, 11) is 0. The van der Waals surface area contributed by atoms with Gasteiger partial charge in [-0.2, -0.15) is 0 Å². The maximum atomic E-state index is 11.7. The van der Waals surface area contributed by atoms with Crippen molar-refractivity contribution >= 4 is 11.6 Å². The van der Waals surface area contributed by atoms with Crippen molar-refractivity contribution in [2.45, 2.75) is 26.4 Å².